The van der Waals surface area contributed by atoms with Gasteiger partial charge in [0.15, 0.2) is 17.9 Å². The van der Waals surface area contributed by atoms with Crippen molar-refractivity contribution in [1.82, 2.24) is 24.9 Å². The molecule has 0 amide bonds. The number of benzene rings is 1. The maximum absolute atomic E-state index is 12.9. The Balaban J connectivity index is 1.61. The molecule has 1 aromatic rings. The van der Waals surface area contributed by atoms with Gasteiger partial charge in [-0.05, 0) is 6.92 Å². The first-order chi connectivity index (χ1) is 14.2. The first-order valence-electron chi connectivity index (χ1n) is 10.1. The van der Waals surface area contributed by atoms with E-state index in [1.54, 1.807) is 0 Å². The number of hydrogen-bond acceptors (Lipinski definition) is 7. The summed E-state index contributed by atoms with van der Waals surface area (Å²) >= 11 is 0. The standard InChI is InChI=1S/C22H28N6O/c1-3-4-12-28-19-15-25(2)17-27(16-20(29)18-8-6-5-7-9-18)21(19)24-22(28)26-13-10-23-11-14-26/h5-9,15,22-23H,10-14,16-17H2,1-2H3. The van der Waals surface area contributed by atoms with E-state index in [-0.39, 0.29) is 12.1 Å². The summed E-state index contributed by atoms with van der Waals surface area (Å²) in [6.07, 6.45) is 2.06. The molecule has 0 saturated carbocycles. The maximum Gasteiger partial charge on any atom is 0.182 e. The molecule has 3 heterocycles. The number of amidine groups is 1. The summed E-state index contributed by atoms with van der Waals surface area (Å²) in [5.74, 6) is 7.21. The molecule has 1 unspecified atom stereocenters. The van der Waals surface area contributed by atoms with Gasteiger partial charge in [-0.25, -0.2) is 4.99 Å². The molecule has 7 nitrogen and oxygen atoms in total. The second-order valence-electron chi connectivity index (χ2n) is 7.54. The largest absolute Gasteiger partial charge is 0.361 e. The topological polar surface area (TPSA) is 54.4 Å². The van der Waals surface area contributed by atoms with Crippen molar-refractivity contribution in [3.8, 4) is 11.8 Å². The fraction of sp³-hybridized carbons (Fsp3) is 0.455. The number of fused-ring (bicyclic) bond motifs is 1. The van der Waals surface area contributed by atoms with Gasteiger partial charge in [0.05, 0.1) is 25.5 Å². The van der Waals surface area contributed by atoms with Crippen LogP contribution in [-0.2, 0) is 0 Å². The molecule has 0 spiro atoms. The first kappa shape index (κ1) is 19.5. The van der Waals surface area contributed by atoms with Crippen LogP contribution >= 0.6 is 0 Å². The van der Waals surface area contributed by atoms with Crippen LogP contribution in [-0.4, -0.2) is 90.5 Å². The van der Waals surface area contributed by atoms with E-state index < -0.39 is 0 Å². The number of hydrogen-bond donors (Lipinski definition) is 1. The van der Waals surface area contributed by atoms with Crippen LogP contribution in [0.2, 0.25) is 0 Å². The molecular weight excluding hydrogens is 364 g/mol. The minimum absolute atomic E-state index is 0.0694. The predicted octanol–water partition coefficient (Wildman–Crippen LogP) is 0.842. The summed E-state index contributed by atoms with van der Waals surface area (Å²) in [5, 5.41) is 3.40. The highest BCUT2D eigenvalue weighted by Crippen LogP contribution is 2.28. The predicted molar refractivity (Wildman–Crippen MR) is 114 cm³/mol. The molecule has 1 atom stereocenters. The smallest absolute Gasteiger partial charge is 0.182 e. The lowest BCUT2D eigenvalue weighted by Gasteiger charge is -2.38. The molecule has 1 saturated heterocycles. The molecule has 7 heteroatoms. The molecule has 3 aliphatic rings. The SMILES string of the molecule is CC#CCN1C2=CN(C)CN(CC(=O)c3ccccc3)C2=NC1N1CCNCC1. The van der Waals surface area contributed by atoms with Crippen molar-refractivity contribution in [1.29, 1.82) is 0 Å². The zero-order valence-electron chi connectivity index (χ0n) is 17.1. The number of piperazine rings is 1. The van der Waals surface area contributed by atoms with E-state index >= 15 is 0 Å². The lowest BCUT2D eigenvalue weighted by atomic mass is 10.1. The van der Waals surface area contributed by atoms with E-state index in [0.29, 0.717) is 19.8 Å². The van der Waals surface area contributed by atoms with Gasteiger partial charge in [-0.1, -0.05) is 36.3 Å². The lowest BCUT2D eigenvalue weighted by molar-refractivity contribution is 0.0828. The Morgan fingerprint density at radius 2 is 2.00 bits per heavy atom. The third-order valence-corrected chi connectivity index (χ3v) is 5.43. The van der Waals surface area contributed by atoms with Gasteiger partial charge in [-0.3, -0.25) is 9.69 Å². The van der Waals surface area contributed by atoms with E-state index in [1.807, 2.05) is 44.3 Å². The van der Waals surface area contributed by atoms with Crippen molar-refractivity contribution in [3.63, 3.8) is 0 Å². The van der Waals surface area contributed by atoms with Gasteiger partial charge in [0, 0.05) is 45.0 Å². The van der Waals surface area contributed by atoms with E-state index in [2.05, 4.69) is 43.0 Å². The van der Waals surface area contributed by atoms with Crippen LogP contribution in [0.25, 0.3) is 0 Å². The molecule has 0 radical (unpaired) electrons. The van der Waals surface area contributed by atoms with E-state index in [4.69, 9.17) is 4.99 Å². The quantitative estimate of drug-likeness (QED) is 0.592. The molecule has 29 heavy (non-hydrogen) atoms. The van der Waals surface area contributed by atoms with Crippen molar-refractivity contribution < 1.29 is 4.79 Å². The Kier molecular flexibility index (Phi) is 5.84. The highest BCUT2D eigenvalue weighted by atomic mass is 16.1. The Morgan fingerprint density at radius 1 is 1.24 bits per heavy atom. The monoisotopic (exact) mass is 392 g/mol. The van der Waals surface area contributed by atoms with Gasteiger partial charge in [-0.15, -0.1) is 5.92 Å². The summed E-state index contributed by atoms with van der Waals surface area (Å²) in [6.45, 7) is 7.26. The number of aliphatic imine (C=N–C) groups is 1. The van der Waals surface area contributed by atoms with E-state index in [9.17, 15) is 4.79 Å². The van der Waals surface area contributed by atoms with E-state index in [0.717, 1.165) is 43.3 Å². The Labute approximate surface area is 172 Å². The fourth-order valence-corrected chi connectivity index (χ4v) is 4.00. The van der Waals surface area contributed by atoms with Crippen molar-refractivity contribution in [3.05, 3.63) is 47.8 Å². The van der Waals surface area contributed by atoms with Crippen LogP contribution in [0, 0.1) is 11.8 Å². The average molecular weight is 393 g/mol. The molecule has 0 bridgehead atoms. The lowest BCUT2D eigenvalue weighted by Crippen LogP contribution is -2.53. The van der Waals surface area contributed by atoms with Crippen molar-refractivity contribution in [2.45, 2.75) is 13.2 Å². The first-order valence-corrected chi connectivity index (χ1v) is 10.1. The second-order valence-corrected chi connectivity index (χ2v) is 7.54. The maximum atomic E-state index is 12.9. The number of carbonyl (C=O) groups is 1. The van der Waals surface area contributed by atoms with Gasteiger partial charge < -0.3 is 20.0 Å². The van der Waals surface area contributed by atoms with Crippen LogP contribution in [0.4, 0.5) is 0 Å². The van der Waals surface area contributed by atoms with Crippen LogP contribution < -0.4 is 5.32 Å². The van der Waals surface area contributed by atoms with Gasteiger partial charge in [-0.2, -0.15) is 0 Å². The number of nitrogens with one attached hydrogen (secondary N) is 1. The number of nitrogens with zero attached hydrogens (tertiary/aromatic N) is 5. The van der Waals surface area contributed by atoms with Crippen LogP contribution in [0.15, 0.2) is 47.2 Å². The third kappa shape index (κ3) is 4.14. The number of carbonyl (C=O) groups excluding carboxylic acids is 1. The Morgan fingerprint density at radius 3 is 2.72 bits per heavy atom. The van der Waals surface area contributed by atoms with E-state index in [1.165, 1.54) is 0 Å². The van der Waals surface area contributed by atoms with Crippen LogP contribution in [0.5, 0.6) is 0 Å². The summed E-state index contributed by atoms with van der Waals surface area (Å²) < 4.78 is 0. The number of rotatable bonds is 5. The van der Waals surface area contributed by atoms with Crippen LogP contribution in [0.3, 0.4) is 0 Å². The number of Topliss-reactive ketones (excluding diaryl/α,β-unsaturated/α-hetero) is 1. The molecule has 1 aromatic carbocycles. The summed E-state index contributed by atoms with van der Waals surface area (Å²) in [6, 6.07) is 9.48. The van der Waals surface area contributed by atoms with Gasteiger partial charge >= 0.3 is 0 Å². The highest BCUT2D eigenvalue weighted by Gasteiger charge is 2.39. The van der Waals surface area contributed by atoms with Gasteiger partial charge in [0.2, 0.25) is 0 Å². The van der Waals surface area contributed by atoms with Crippen molar-refractivity contribution >= 4 is 11.6 Å². The average Bonchev–Trinajstić information content (AvgIpc) is 3.12. The minimum atomic E-state index is -0.0694. The summed E-state index contributed by atoms with van der Waals surface area (Å²) in [7, 11) is 2.03. The zero-order chi connectivity index (χ0) is 20.2. The molecule has 152 valence electrons. The molecule has 0 aliphatic carbocycles. The third-order valence-electron chi connectivity index (χ3n) is 5.43. The van der Waals surface area contributed by atoms with Crippen molar-refractivity contribution in [2.24, 2.45) is 4.99 Å². The van der Waals surface area contributed by atoms with Gasteiger partial charge in [0.1, 0.15) is 0 Å². The minimum Gasteiger partial charge on any atom is -0.361 e. The highest BCUT2D eigenvalue weighted by molar-refractivity contribution is 6.04. The Hall–Kier alpha value is -2.82. The molecule has 1 N–H and O–H groups in total. The Bertz CT molecular complexity index is 862. The summed E-state index contributed by atoms with van der Waals surface area (Å²) in [4.78, 5) is 26.8. The van der Waals surface area contributed by atoms with Gasteiger partial charge in [0.25, 0.3) is 0 Å². The normalized spacial score (nSPS) is 21.9. The fourth-order valence-electron chi connectivity index (χ4n) is 4.00. The molecular formula is C22H28N6O. The van der Waals surface area contributed by atoms with Crippen LogP contribution in [0.1, 0.15) is 17.3 Å². The molecule has 3 aliphatic heterocycles. The molecule has 4 rings (SSSR count). The van der Waals surface area contributed by atoms with Crippen molar-refractivity contribution in [2.75, 3.05) is 53.0 Å². The second kappa shape index (κ2) is 8.68. The molecule has 1 fully saturated rings. The summed E-state index contributed by atoms with van der Waals surface area (Å²) in [5.41, 5.74) is 1.78. The zero-order valence-corrected chi connectivity index (χ0v) is 17.1. The molecule has 0 aromatic heterocycles. The number of ketones is 1.